The Morgan fingerprint density at radius 2 is 2.05 bits per heavy atom. The molecule has 0 spiro atoms. The Hall–Kier alpha value is -2.01. The Kier molecular flexibility index (Phi) is 2.89. The lowest BCUT2D eigenvalue weighted by molar-refractivity contribution is 0.700. The number of nitrogens with one attached hydrogen (secondary N) is 1. The summed E-state index contributed by atoms with van der Waals surface area (Å²) in [6.45, 7) is 1.93. The Balaban J connectivity index is 1.96. The monoisotopic (exact) mass is 297 g/mol. The highest BCUT2D eigenvalue weighted by molar-refractivity contribution is 7.18. The van der Waals surface area contributed by atoms with Gasteiger partial charge in [0.25, 0.3) is 5.56 Å². The van der Waals surface area contributed by atoms with Crippen LogP contribution in [0.5, 0.6) is 0 Å². The molecule has 0 radical (unpaired) electrons. The second kappa shape index (κ2) is 4.77. The number of H-pyrrole nitrogens is 1. The molecule has 4 nitrogen and oxygen atoms in total. The number of aryl methyl sites for hydroxylation is 3. The summed E-state index contributed by atoms with van der Waals surface area (Å²) in [6.07, 6.45) is 4.46. The number of rotatable bonds is 1. The van der Waals surface area contributed by atoms with Crippen LogP contribution in [0.1, 0.15) is 29.0 Å². The van der Waals surface area contributed by atoms with E-state index in [1.54, 1.807) is 11.3 Å². The van der Waals surface area contributed by atoms with Crippen LogP contribution in [0.2, 0.25) is 0 Å². The molecule has 0 atom stereocenters. The minimum Gasteiger partial charge on any atom is -0.305 e. The molecule has 0 fully saturated rings. The highest BCUT2D eigenvalue weighted by Gasteiger charge is 2.20. The van der Waals surface area contributed by atoms with Crippen LogP contribution in [0.3, 0.4) is 0 Å². The molecule has 106 valence electrons. The molecule has 3 heterocycles. The molecule has 0 saturated carbocycles. The summed E-state index contributed by atoms with van der Waals surface area (Å²) in [5, 5.41) is 0.797. The molecule has 0 amide bonds. The van der Waals surface area contributed by atoms with E-state index in [1.807, 2.05) is 25.1 Å². The zero-order valence-electron chi connectivity index (χ0n) is 11.8. The Bertz CT molecular complexity index is 894. The van der Waals surface area contributed by atoms with Crippen molar-refractivity contribution in [2.75, 3.05) is 0 Å². The first-order valence-corrected chi connectivity index (χ1v) is 8.02. The summed E-state index contributed by atoms with van der Waals surface area (Å²) >= 11 is 1.67. The van der Waals surface area contributed by atoms with Gasteiger partial charge in [0.15, 0.2) is 5.82 Å². The van der Waals surface area contributed by atoms with Crippen LogP contribution in [0.25, 0.3) is 21.7 Å². The molecule has 1 N–H and O–H groups in total. The molecular formula is C16H15N3OS. The SMILES string of the molecule is Cc1cccc(-c2nc3sc4c(c3c(=O)[nH]2)CCCC4)n1. The van der Waals surface area contributed by atoms with E-state index in [4.69, 9.17) is 0 Å². The number of thiophene rings is 1. The Morgan fingerprint density at radius 1 is 1.19 bits per heavy atom. The first kappa shape index (κ1) is 12.7. The van der Waals surface area contributed by atoms with Crippen molar-refractivity contribution < 1.29 is 0 Å². The largest absolute Gasteiger partial charge is 0.305 e. The van der Waals surface area contributed by atoms with Crippen LogP contribution < -0.4 is 5.56 Å². The van der Waals surface area contributed by atoms with Crippen molar-refractivity contribution in [3.05, 3.63) is 44.7 Å². The van der Waals surface area contributed by atoms with Crippen molar-refractivity contribution in [1.29, 1.82) is 0 Å². The zero-order chi connectivity index (χ0) is 14.4. The van der Waals surface area contributed by atoms with Crippen LogP contribution in [-0.4, -0.2) is 15.0 Å². The second-order valence-corrected chi connectivity index (χ2v) is 6.55. The Morgan fingerprint density at radius 3 is 2.90 bits per heavy atom. The smallest absolute Gasteiger partial charge is 0.260 e. The number of aromatic amines is 1. The number of aromatic nitrogens is 3. The maximum absolute atomic E-state index is 12.5. The molecule has 21 heavy (non-hydrogen) atoms. The van der Waals surface area contributed by atoms with Gasteiger partial charge in [-0.15, -0.1) is 11.3 Å². The predicted molar refractivity (Wildman–Crippen MR) is 84.9 cm³/mol. The van der Waals surface area contributed by atoms with Gasteiger partial charge in [0.2, 0.25) is 0 Å². The van der Waals surface area contributed by atoms with E-state index in [2.05, 4.69) is 15.0 Å². The van der Waals surface area contributed by atoms with E-state index < -0.39 is 0 Å². The van der Waals surface area contributed by atoms with Crippen molar-refractivity contribution in [2.45, 2.75) is 32.6 Å². The van der Waals surface area contributed by atoms with Crippen molar-refractivity contribution in [2.24, 2.45) is 0 Å². The van der Waals surface area contributed by atoms with Gasteiger partial charge in [-0.3, -0.25) is 4.79 Å². The van der Waals surface area contributed by atoms with E-state index in [-0.39, 0.29) is 5.56 Å². The topological polar surface area (TPSA) is 58.6 Å². The van der Waals surface area contributed by atoms with Crippen LogP contribution in [-0.2, 0) is 12.8 Å². The summed E-state index contributed by atoms with van der Waals surface area (Å²) < 4.78 is 0. The lowest BCUT2D eigenvalue weighted by Gasteiger charge is -2.09. The quantitative estimate of drug-likeness (QED) is 0.750. The molecule has 0 unspecified atom stereocenters. The zero-order valence-corrected chi connectivity index (χ0v) is 12.6. The van der Waals surface area contributed by atoms with Gasteiger partial charge in [0.1, 0.15) is 10.5 Å². The van der Waals surface area contributed by atoms with Crippen molar-refractivity contribution in [1.82, 2.24) is 15.0 Å². The minimum atomic E-state index is -0.0299. The van der Waals surface area contributed by atoms with E-state index in [1.165, 1.54) is 23.3 Å². The minimum absolute atomic E-state index is 0.0299. The fraction of sp³-hybridized carbons (Fsp3) is 0.312. The highest BCUT2D eigenvalue weighted by atomic mass is 32.1. The predicted octanol–water partition coefficient (Wildman–Crippen LogP) is 3.23. The van der Waals surface area contributed by atoms with E-state index in [9.17, 15) is 4.79 Å². The average Bonchev–Trinajstić information content (AvgIpc) is 2.86. The fourth-order valence-corrected chi connectivity index (χ4v) is 4.22. The van der Waals surface area contributed by atoms with E-state index >= 15 is 0 Å². The molecule has 5 heteroatoms. The third-order valence-corrected chi connectivity index (χ3v) is 5.14. The van der Waals surface area contributed by atoms with Crippen molar-refractivity contribution in [3.63, 3.8) is 0 Å². The van der Waals surface area contributed by atoms with Crippen LogP contribution in [0.15, 0.2) is 23.0 Å². The standard InChI is InChI=1S/C16H15N3OS/c1-9-5-4-7-11(17-9)14-18-15(20)13-10-6-2-3-8-12(10)21-16(13)19-14/h4-5,7H,2-3,6,8H2,1H3,(H,18,19,20). The molecule has 3 aromatic heterocycles. The summed E-state index contributed by atoms with van der Waals surface area (Å²) in [5.74, 6) is 0.565. The van der Waals surface area contributed by atoms with Gasteiger partial charge in [-0.25, -0.2) is 9.97 Å². The second-order valence-electron chi connectivity index (χ2n) is 5.47. The normalized spacial score (nSPS) is 14.3. The summed E-state index contributed by atoms with van der Waals surface area (Å²) in [5.41, 5.74) is 2.83. The number of pyridine rings is 1. The third kappa shape index (κ3) is 2.08. The molecular weight excluding hydrogens is 282 g/mol. The van der Waals surface area contributed by atoms with Gasteiger partial charge in [-0.05, 0) is 50.3 Å². The van der Waals surface area contributed by atoms with Crippen LogP contribution in [0.4, 0.5) is 0 Å². The highest BCUT2D eigenvalue weighted by Crippen LogP contribution is 2.34. The van der Waals surface area contributed by atoms with Gasteiger partial charge in [-0.2, -0.15) is 0 Å². The van der Waals surface area contributed by atoms with Gasteiger partial charge in [0, 0.05) is 10.6 Å². The summed E-state index contributed by atoms with van der Waals surface area (Å²) in [7, 11) is 0. The molecule has 3 aromatic rings. The van der Waals surface area contributed by atoms with Crippen LogP contribution >= 0.6 is 11.3 Å². The van der Waals surface area contributed by atoms with Crippen molar-refractivity contribution in [3.8, 4) is 11.5 Å². The van der Waals surface area contributed by atoms with Gasteiger partial charge in [0.05, 0.1) is 5.39 Å². The fourth-order valence-electron chi connectivity index (χ4n) is 2.96. The lowest BCUT2D eigenvalue weighted by Crippen LogP contribution is -2.11. The van der Waals surface area contributed by atoms with E-state index in [0.29, 0.717) is 5.82 Å². The molecule has 4 rings (SSSR count). The summed E-state index contributed by atoms with van der Waals surface area (Å²) in [6, 6.07) is 5.75. The van der Waals surface area contributed by atoms with Gasteiger partial charge >= 0.3 is 0 Å². The molecule has 0 aliphatic heterocycles. The summed E-state index contributed by atoms with van der Waals surface area (Å²) in [4.78, 5) is 26.7. The number of hydrogen-bond donors (Lipinski definition) is 1. The average molecular weight is 297 g/mol. The molecule has 1 aliphatic carbocycles. The molecule has 1 aliphatic rings. The number of fused-ring (bicyclic) bond motifs is 3. The molecule has 0 aromatic carbocycles. The Labute approximate surface area is 125 Å². The first-order chi connectivity index (χ1) is 10.2. The van der Waals surface area contributed by atoms with Crippen molar-refractivity contribution >= 4 is 21.6 Å². The van der Waals surface area contributed by atoms with Crippen LogP contribution in [0, 0.1) is 6.92 Å². The maximum atomic E-state index is 12.5. The first-order valence-electron chi connectivity index (χ1n) is 7.21. The lowest BCUT2D eigenvalue weighted by atomic mass is 9.97. The number of nitrogens with zero attached hydrogens (tertiary/aromatic N) is 2. The van der Waals surface area contributed by atoms with E-state index in [0.717, 1.165) is 34.4 Å². The van der Waals surface area contributed by atoms with Gasteiger partial charge in [-0.1, -0.05) is 6.07 Å². The number of hydrogen-bond acceptors (Lipinski definition) is 4. The maximum Gasteiger partial charge on any atom is 0.260 e. The van der Waals surface area contributed by atoms with Gasteiger partial charge < -0.3 is 4.98 Å². The third-order valence-electron chi connectivity index (χ3n) is 3.96. The molecule has 0 saturated heterocycles. The molecule has 0 bridgehead atoms.